The number of benzene rings is 1. The zero-order chi connectivity index (χ0) is 16.1. The van der Waals surface area contributed by atoms with E-state index < -0.39 is 0 Å². The molecule has 0 aliphatic rings. The van der Waals surface area contributed by atoms with Gasteiger partial charge in [-0.2, -0.15) is 0 Å². The Kier molecular flexibility index (Phi) is 4.33. The van der Waals surface area contributed by atoms with Crippen LogP contribution in [-0.4, -0.2) is 16.0 Å². The van der Waals surface area contributed by atoms with E-state index in [1.165, 1.54) is 0 Å². The van der Waals surface area contributed by atoms with E-state index in [4.69, 9.17) is 9.26 Å². The first-order valence-electron chi connectivity index (χ1n) is 7.10. The van der Waals surface area contributed by atoms with Gasteiger partial charge in [-0.3, -0.25) is 4.79 Å². The molecule has 0 saturated carbocycles. The van der Waals surface area contributed by atoms with Crippen LogP contribution in [0.4, 0.5) is 0 Å². The maximum atomic E-state index is 11.9. The molecule has 0 radical (unpaired) electrons. The number of aryl methyl sites for hydroxylation is 1. The SMILES string of the molecule is Cc1cc(C(=O)NCc2cccc(Oc3ccccn3)c2)no1. The van der Waals surface area contributed by atoms with Gasteiger partial charge in [0.1, 0.15) is 11.5 Å². The fourth-order valence-corrected chi connectivity index (χ4v) is 1.99. The van der Waals surface area contributed by atoms with Gasteiger partial charge in [0.05, 0.1) is 0 Å². The van der Waals surface area contributed by atoms with E-state index in [-0.39, 0.29) is 11.6 Å². The fraction of sp³-hybridized carbons (Fsp3) is 0.118. The predicted octanol–water partition coefficient (Wildman–Crippen LogP) is 3.10. The fourth-order valence-electron chi connectivity index (χ4n) is 1.99. The van der Waals surface area contributed by atoms with Crippen LogP contribution < -0.4 is 10.1 Å². The summed E-state index contributed by atoms with van der Waals surface area (Å²) < 4.78 is 10.5. The molecule has 0 spiro atoms. The predicted molar refractivity (Wildman–Crippen MR) is 83.2 cm³/mol. The van der Waals surface area contributed by atoms with Gasteiger partial charge in [-0.1, -0.05) is 23.4 Å². The van der Waals surface area contributed by atoms with Crippen molar-refractivity contribution in [3.8, 4) is 11.6 Å². The molecule has 6 nitrogen and oxygen atoms in total. The van der Waals surface area contributed by atoms with E-state index >= 15 is 0 Å². The molecule has 0 aliphatic heterocycles. The van der Waals surface area contributed by atoms with Crippen molar-refractivity contribution >= 4 is 5.91 Å². The van der Waals surface area contributed by atoms with Gasteiger partial charge >= 0.3 is 0 Å². The van der Waals surface area contributed by atoms with Gasteiger partial charge < -0.3 is 14.6 Å². The van der Waals surface area contributed by atoms with Crippen LogP contribution in [-0.2, 0) is 6.54 Å². The minimum atomic E-state index is -0.280. The monoisotopic (exact) mass is 309 g/mol. The van der Waals surface area contributed by atoms with Crippen LogP contribution in [0.2, 0.25) is 0 Å². The second-order valence-corrected chi connectivity index (χ2v) is 4.92. The van der Waals surface area contributed by atoms with Crippen LogP contribution in [0.25, 0.3) is 0 Å². The molecule has 116 valence electrons. The first kappa shape index (κ1) is 14.8. The summed E-state index contributed by atoms with van der Waals surface area (Å²) in [7, 11) is 0. The molecule has 23 heavy (non-hydrogen) atoms. The van der Waals surface area contributed by atoms with Gasteiger partial charge in [-0.25, -0.2) is 4.98 Å². The molecular formula is C17H15N3O3. The molecule has 1 N–H and O–H groups in total. The third kappa shape index (κ3) is 3.94. The molecule has 6 heteroatoms. The van der Waals surface area contributed by atoms with Crippen LogP contribution in [0.15, 0.2) is 59.3 Å². The average molecular weight is 309 g/mol. The summed E-state index contributed by atoms with van der Waals surface area (Å²) in [5, 5.41) is 6.47. The lowest BCUT2D eigenvalue weighted by Gasteiger charge is -2.07. The number of carbonyl (C=O) groups excluding carboxylic acids is 1. The molecule has 0 bridgehead atoms. The van der Waals surface area contributed by atoms with Crippen molar-refractivity contribution in [1.29, 1.82) is 0 Å². The minimum Gasteiger partial charge on any atom is -0.439 e. The van der Waals surface area contributed by atoms with Crippen molar-refractivity contribution < 1.29 is 14.1 Å². The van der Waals surface area contributed by atoms with E-state index in [1.807, 2.05) is 36.4 Å². The van der Waals surface area contributed by atoms with E-state index in [1.54, 1.807) is 25.3 Å². The van der Waals surface area contributed by atoms with Crippen LogP contribution >= 0.6 is 0 Å². The minimum absolute atomic E-state index is 0.267. The molecule has 0 aliphatic carbocycles. The summed E-state index contributed by atoms with van der Waals surface area (Å²) in [5.41, 5.74) is 1.18. The van der Waals surface area contributed by atoms with Crippen molar-refractivity contribution in [2.45, 2.75) is 13.5 Å². The summed E-state index contributed by atoms with van der Waals surface area (Å²) in [4.78, 5) is 16.0. The quantitative estimate of drug-likeness (QED) is 0.783. The van der Waals surface area contributed by atoms with Gasteiger partial charge in [-0.15, -0.1) is 0 Å². The van der Waals surface area contributed by atoms with Crippen LogP contribution in [0, 0.1) is 6.92 Å². The number of nitrogens with zero attached hydrogens (tertiary/aromatic N) is 2. The summed E-state index contributed by atoms with van der Waals surface area (Å²) in [6.45, 7) is 2.10. The molecule has 0 saturated heterocycles. The topological polar surface area (TPSA) is 77.2 Å². The number of carbonyl (C=O) groups is 1. The first-order chi connectivity index (χ1) is 11.2. The highest BCUT2D eigenvalue weighted by molar-refractivity contribution is 5.92. The lowest BCUT2D eigenvalue weighted by Crippen LogP contribution is -2.23. The Hall–Kier alpha value is -3.15. The highest BCUT2D eigenvalue weighted by atomic mass is 16.5. The Labute approximate surface area is 133 Å². The first-order valence-corrected chi connectivity index (χ1v) is 7.10. The largest absolute Gasteiger partial charge is 0.439 e. The Morgan fingerprint density at radius 2 is 2.13 bits per heavy atom. The number of amides is 1. The third-order valence-corrected chi connectivity index (χ3v) is 3.07. The maximum Gasteiger partial charge on any atom is 0.273 e. The zero-order valence-electron chi connectivity index (χ0n) is 12.5. The zero-order valence-corrected chi connectivity index (χ0v) is 12.5. The Bertz CT molecular complexity index is 800. The summed E-state index contributed by atoms with van der Waals surface area (Å²) >= 11 is 0. The number of hydrogen-bond acceptors (Lipinski definition) is 5. The van der Waals surface area contributed by atoms with Crippen LogP contribution in [0.5, 0.6) is 11.6 Å². The summed E-state index contributed by atoms with van der Waals surface area (Å²) in [6, 6.07) is 14.5. The van der Waals surface area contributed by atoms with E-state index in [0.717, 1.165) is 5.56 Å². The number of aromatic nitrogens is 2. The standard InChI is InChI=1S/C17H15N3O3/c1-12-9-15(20-23-12)17(21)19-11-13-5-4-6-14(10-13)22-16-7-2-3-8-18-16/h2-10H,11H2,1H3,(H,19,21). The second kappa shape index (κ2) is 6.74. The molecular weight excluding hydrogens is 294 g/mol. The van der Waals surface area contributed by atoms with Gasteiger partial charge in [0.25, 0.3) is 5.91 Å². The van der Waals surface area contributed by atoms with Gasteiger partial charge in [-0.05, 0) is 30.7 Å². The Balaban J connectivity index is 1.62. The lowest BCUT2D eigenvalue weighted by atomic mass is 10.2. The molecule has 0 fully saturated rings. The summed E-state index contributed by atoms with van der Waals surface area (Å²) in [5.74, 6) is 1.50. The molecule has 2 aromatic heterocycles. The van der Waals surface area contributed by atoms with Crippen molar-refractivity contribution in [3.63, 3.8) is 0 Å². The van der Waals surface area contributed by atoms with E-state index in [9.17, 15) is 4.79 Å². The third-order valence-electron chi connectivity index (χ3n) is 3.07. The molecule has 1 amide bonds. The second-order valence-electron chi connectivity index (χ2n) is 4.92. The smallest absolute Gasteiger partial charge is 0.273 e. The molecule has 1 aromatic carbocycles. The number of nitrogens with one attached hydrogen (secondary N) is 1. The number of rotatable bonds is 5. The van der Waals surface area contributed by atoms with Crippen LogP contribution in [0.3, 0.4) is 0 Å². The summed E-state index contributed by atoms with van der Waals surface area (Å²) in [6.07, 6.45) is 1.67. The maximum absolute atomic E-state index is 11.9. The average Bonchev–Trinajstić information content (AvgIpc) is 3.01. The normalized spacial score (nSPS) is 10.3. The van der Waals surface area contributed by atoms with Crippen molar-refractivity contribution in [3.05, 3.63) is 71.7 Å². The highest BCUT2D eigenvalue weighted by Crippen LogP contribution is 2.20. The van der Waals surface area contributed by atoms with Crippen molar-refractivity contribution in [1.82, 2.24) is 15.5 Å². The molecule has 3 aromatic rings. The number of pyridine rings is 1. The Morgan fingerprint density at radius 1 is 1.22 bits per heavy atom. The van der Waals surface area contributed by atoms with Crippen LogP contribution in [0.1, 0.15) is 21.8 Å². The van der Waals surface area contributed by atoms with E-state index in [0.29, 0.717) is 23.9 Å². The van der Waals surface area contributed by atoms with Gasteiger partial charge in [0, 0.05) is 24.9 Å². The molecule has 2 heterocycles. The highest BCUT2D eigenvalue weighted by Gasteiger charge is 2.10. The number of hydrogen-bond donors (Lipinski definition) is 1. The van der Waals surface area contributed by atoms with Gasteiger partial charge in [0.15, 0.2) is 5.69 Å². The number of ether oxygens (including phenoxy) is 1. The van der Waals surface area contributed by atoms with Crippen molar-refractivity contribution in [2.75, 3.05) is 0 Å². The Morgan fingerprint density at radius 3 is 2.87 bits per heavy atom. The molecule has 0 unspecified atom stereocenters. The van der Waals surface area contributed by atoms with E-state index in [2.05, 4.69) is 15.5 Å². The molecule has 3 rings (SSSR count). The lowest BCUT2D eigenvalue weighted by molar-refractivity contribution is 0.0941. The molecule has 0 atom stereocenters. The van der Waals surface area contributed by atoms with Crippen molar-refractivity contribution in [2.24, 2.45) is 0 Å². The van der Waals surface area contributed by atoms with Gasteiger partial charge in [0.2, 0.25) is 5.88 Å².